The molecule has 0 saturated carbocycles. The zero-order chi connectivity index (χ0) is 12.2. The molecule has 1 rings (SSSR count). The van der Waals surface area contributed by atoms with E-state index in [0.717, 1.165) is 9.87 Å². The highest BCUT2D eigenvalue weighted by Crippen LogP contribution is 2.23. The predicted molar refractivity (Wildman–Crippen MR) is 61.8 cm³/mol. The van der Waals surface area contributed by atoms with Crippen LogP contribution in [0.2, 0.25) is 0 Å². The van der Waals surface area contributed by atoms with E-state index in [-0.39, 0.29) is 6.61 Å². The third kappa shape index (κ3) is 3.28. The molecule has 1 atom stereocenters. The Hall–Kier alpha value is -0.950. The van der Waals surface area contributed by atoms with E-state index in [4.69, 9.17) is 10.2 Å². The Balaban J connectivity index is 3.01. The maximum Gasteiger partial charge on any atom is 0.277 e. The quantitative estimate of drug-likeness (QED) is 0.778. The van der Waals surface area contributed by atoms with Gasteiger partial charge in [-0.2, -0.15) is 12.7 Å². The van der Waals surface area contributed by atoms with Crippen molar-refractivity contribution in [1.82, 2.24) is 4.31 Å². The molecule has 5 nitrogen and oxygen atoms in total. The van der Waals surface area contributed by atoms with Crippen molar-refractivity contribution in [1.29, 1.82) is 0 Å². The van der Waals surface area contributed by atoms with Gasteiger partial charge in [-0.25, -0.2) is 5.14 Å². The molecule has 0 heterocycles. The van der Waals surface area contributed by atoms with Crippen molar-refractivity contribution < 1.29 is 13.5 Å². The van der Waals surface area contributed by atoms with E-state index in [0.29, 0.717) is 6.42 Å². The van der Waals surface area contributed by atoms with Crippen LogP contribution in [0.1, 0.15) is 18.0 Å². The lowest BCUT2D eigenvalue weighted by Crippen LogP contribution is -2.36. The molecule has 0 aliphatic rings. The van der Waals surface area contributed by atoms with Gasteiger partial charge in [0.25, 0.3) is 10.2 Å². The zero-order valence-corrected chi connectivity index (χ0v) is 9.89. The van der Waals surface area contributed by atoms with Crippen LogP contribution in [0.15, 0.2) is 30.3 Å². The Morgan fingerprint density at radius 2 is 1.94 bits per heavy atom. The number of aliphatic hydroxyl groups is 1. The van der Waals surface area contributed by atoms with Gasteiger partial charge >= 0.3 is 0 Å². The first kappa shape index (κ1) is 13.1. The maximum absolute atomic E-state index is 11.2. The van der Waals surface area contributed by atoms with Crippen LogP contribution in [-0.4, -0.2) is 31.5 Å². The topological polar surface area (TPSA) is 83.6 Å². The lowest BCUT2D eigenvalue weighted by atomic mass is 10.0. The van der Waals surface area contributed by atoms with Gasteiger partial charge in [-0.1, -0.05) is 30.3 Å². The average Bonchev–Trinajstić information content (AvgIpc) is 2.25. The summed E-state index contributed by atoms with van der Waals surface area (Å²) in [5.74, 6) is 0. The molecule has 0 saturated heterocycles. The molecule has 0 bridgehead atoms. The van der Waals surface area contributed by atoms with Crippen molar-refractivity contribution in [3.8, 4) is 0 Å². The van der Waals surface area contributed by atoms with Gasteiger partial charge in [0.2, 0.25) is 0 Å². The van der Waals surface area contributed by atoms with Gasteiger partial charge in [-0.15, -0.1) is 0 Å². The molecule has 0 radical (unpaired) electrons. The van der Waals surface area contributed by atoms with Gasteiger partial charge in [0, 0.05) is 13.7 Å². The Morgan fingerprint density at radius 3 is 2.38 bits per heavy atom. The third-order valence-corrected chi connectivity index (χ3v) is 3.48. The molecule has 1 aromatic rings. The Labute approximate surface area is 95.7 Å². The Kier molecular flexibility index (Phi) is 4.43. The second kappa shape index (κ2) is 5.40. The molecule has 0 spiro atoms. The number of benzene rings is 1. The van der Waals surface area contributed by atoms with Crippen molar-refractivity contribution in [2.24, 2.45) is 5.14 Å². The second-order valence-electron chi connectivity index (χ2n) is 3.50. The van der Waals surface area contributed by atoms with E-state index in [9.17, 15) is 8.42 Å². The number of hydrogen-bond donors (Lipinski definition) is 2. The summed E-state index contributed by atoms with van der Waals surface area (Å²) < 4.78 is 23.6. The molecule has 0 aliphatic carbocycles. The summed E-state index contributed by atoms with van der Waals surface area (Å²) >= 11 is 0. The zero-order valence-electron chi connectivity index (χ0n) is 9.07. The molecule has 16 heavy (non-hydrogen) atoms. The van der Waals surface area contributed by atoms with Gasteiger partial charge in [-0.05, 0) is 12.0 Å². The third-order valence-electron chi connectivity index (χ3n) is 2.43. The molecule has 0 aliphatic heterocycles. The summed E-state index contributed by atoms with van der Waals surface area (Å²) in [5, 5.41) is 14.0. The van der Waals surface area contributed by atoms with Crippen LogP contribution in [0.5, 0.6) is 0 Å². The van der Waals surface area contributed by atoms with Gasteiger partial charge in [0.1, 0.15) is 0 Å². The SMILES string of the molecule is CN(C(CCO)c1ccccc1)S(N)(=O)=O. The normalized spacial score (nSPS) is 14.0. The molecule has 1 aromatic carbocycles. The first-order valence-electron chi connectivity index (χ1n) is 4.88. The molecule has 0 amide bonds. The molecule has 0 fully saturated rings. The van der Waals surface area contributed by atoms with Crippen molar-refractivity contribution in [2.45, 2.75) is 12.5 Å². The Bertz CT molecular complexity index is 419. The summed E-state index contributed by atoms with van der Waals surface area (Å²) in [5.41, 5.74) is 0.813. The van der Waals surface area contributed by atoms with Crippen LogP contribution < -0.4 is 5.14 Å². The predicted octanol–water partition coefficient (Wildman–Crippen LogP) is 0.245. The smallest absolute Gasteiger partial charge is 0.277 e. The monoisotopic (exact) mass is 244 g/mol. The fourth-order valence-electron chi connectivity index (χ4n) is 1.53. The highest BCUT2D eigenvalue weighted by Gasteiger charge is 2.23. The van der Waals surface area contributed by atoms with E-state index in [1.165, 1.54) is 7.05 Å². The summed E-state index contributed by atoms with van der Waals surface area (Å²) in [6.07, 6.45) is 0.316. The highest BCUT2D eigenvalue weighted by molar-refractivity contribution is 7.86. The van der Waals surface area contributed by atoms with Gasteiger partial charge < -0.3 is 5.11 Å². The van der Waals surface area contributed by atoms with Crippen LogP contribution >= 0.6 is 0 Å². The summed E-state index contributed by atoms with van der Waals surface area (Å²) in [6, 6.07) is 8.66. The molecular formula is C10H16N2O3S. The van der Waals surface area contributed by atoms with Crippen molar-refractivity contribution in [3.63, 3.8) is 0 Å². The minimum absolute atomic E-state index is 0.0978. The van der Waals surface area contributed by atoms with Crippen LogP contribution in [-0.2, 0) is 10.2 Å². The van der Waals surface area contributed by atoms with Gasteiger partial charge in [-0.3, -0.25) is 0 Å². The fourth-order valence-corrected chi connectivity index (χ4v) is 2.12. The number of rotatable bonds is 5. The molecule has 0 aromatic heterocycles. The average molecular weight is 244 g/mol. The number of aliphatic hydroxyl groups excluding tert-OH is 1. The van der Waals surface area contributed by atoms with Crippen LogP contribution in [0, 0.1) is 0 Å². The molecule has 3 N–H and O–H groups in total. The van der Waals surface area contributed by atoms with Gasteiger partial charge in [0.15, 0.2) is 0 Å². The fraction of sp³-hybridized carbons (Fsp3) is 0.400. The van der Waals surface area contributed by atoms with Crippen LogP contribution in [0.4, 0.5) is 0 Å². The van der Waals surface area contributed by atoms with E-state index in [2.05, 4.69) is 0 Å². The molecule has 1 unspecified atom stereocenters. The largest absolute Gasteiger partial charge is 0.396 e. The number of nitrogens with zero attached hydrogens (tertiary/aromatic N) is 1. The molecule has 6 heteroatoms. The number of hydrogen-bond acceptors (Lipinski definition) is 3. The summed E-state index contributed by atoms with van der Waals surface area (Å²) in [4.78, 5) is 0. The summed E-state index contributed by atoms with van der Waals surface area (Å²) in [6.45, 7) is -0.0978. The highest BCUT2D eigenvalue weighted by atomic mass is 32.2. The maximum atomic E-state index is 11.2. The van der Waals surface area contributed by atoms with E-state index < -0.39 is 16.3 Å². The van der Waals surface area contributed by atoms with Crippen molar-refractivity contribution in [2.75, 3.05) is 13.7 Å². The standard InChI is InChI=1S/C10H16N2O3S/c1-12(16(11,14)15)10(7-8-13)9-5-3-2-4-6-9/h2-6,10,13H,7-8H2,1H3,(H2,11,14,15). The lowest BCUT2D eigenvalue weighted by Gasteiger charge is -2.25. The Morgan fingerprint density at radius 1 is 1.38 bits per heavy atom. The van der Waals surface area contributed by atoms with Crippen molar-refractivity contribution >= 4 is 10.2 Å². The molecule has 90 valence electrons. The molecular weight excluding hydrogens is 228 g/mol. The first-order chi connectivity index (χ1) is 7.46. The van der Waals surface area contributed by atoms with E-state index in [1.54, 1.807) is 0 Å². The lowest BCUT2D eigenvalue weighted by molar-refractivity contribution is 0.240. The minimum Gasteiger partial charge on any atom is -0.396 e. The van der Waals surface area contributed by atoms with E-state index in [1.807, 2.05) is 30.3 Å². The van der Waals surface area contributed by atoms with Gasteiger partial charge in [0.05, 0.1) is 6.04 Å². The number of nitrogens with two attached hydrogens (primary N) is 1. The second-order valence-corrected chi connectivity index (χ2v) is 5.11. The summed E-state index contributed by atoms with van der Waals surface area (Å²) in [7, 11) is -2.34. The minimum atomic E-state index is -3.75. The van der Waals surface area contributed by atoms with Crippen LogP contribution in [0.3, 0.4) is 0 Å². The van der Waals surface area contributed by atoms with E-state index >= 15 is 0 Å². The van der Waals surface area contributed by atoms with Crippen molar-refractivity contribution in [3.05, 3.63) is 35.9 Å². The first-order valence-corrected chi connectivity index (χ1v) is 6.38. The van der Waals surface area contributed by atoms with Crippen LogP contribution in [0.25, 0.3) is 0 Å².